The molecule has 0 bridgehead atoms. The first-order chi connectivity index (χ1) is 17.5. The van der Waals surface area contributed by atoms with Crippen molar-refractivity contribution in [1.82, 2.24) is 19.9 Å². The van der Waals surface area contributed by atoms with Crippen molar-refractivity contribution in [3.8, 4) is 11.6 Å². The molecule has 0 saturated carbocycles. The van der Waals surface area contributed by atoms with Crippen LogP contribution < -0.4 is 10.2 Å². The molecule has 0 fully saturated rings. The largest absolute Gasteiger partial charge is 0.437 e. The Hall–Kier alpha value is -3.91. The lowest BCUT2D eigenvalue weighted by molar-refractivity contribution is -0.385. The molecule has 4 heterocycles. The molecular formula is C20H11Cl4FN6O6. The van der Waals surface area contributed by atoms with Crippen LogP contribution in [0.4, 0.5) is 15.8 Å². The van der Waals surface area contributed by atoms with Crippen LogP contribution in [-0.2, 0) is 0 Å². The predicted molar refractivity (Wildman–Crippen MR) is 133 cm³/mol. The fourth-order valence-corrected chi connectivity index (χ4v) is 2.62. The molecule has 0 amide bonds. The summed E-state index contributed by atoms with van der Waals surface area (Å²) in [6.07, 6.45) is 4.83. The maximum Gasteiger partial charge on any atom is 0.287 e. The Morgan fingerprint density at radius 3 is 1.95 bits per heavy atom. The van der Waals surface area contributed by atoms with Gasteiger partial charge in [0.05, 0.1) is 9.85 Å². The Labute approximate surface area is 225 Å². The lowest BCUT2D eigenvalue weighted by Crippen LogP contribution is -1.99. The maximum atomic E-state index is 12.0. The van der Waals surface area contributed by atoms with Crippen molar-refractivity contribution in [3.63, 3.8) is 0 Å². The molecule has 0 aliphatic carbocycles. The van der Waals surface area contributed by atoms with E-state index in [1.807, 2.05) is 0 Å². The van der Waals surface area contributed by atoms with Crippen molar-refractivity contribution in [2.45, 2.75) is 0 Å². The SMILES string of the molecule is O=[N+]([O-])c1ccc(F)nc1.O=[N+]([O-])c1ccc(Oc2ccnc(Cl)c2Cl)nc1.O=c1cc[nH]c(Cl)c1Cl. The molecule has 0 aromatic carbocycles. The van der Waals surface area contributed by atoms with Crippen molar-refractivity contribution in [3.05, 3.63) is 118 Å². The lowest BCUT2D eigenvalue weighted by atomic mass is 10.4. The van der Waals surface area contributed by atoms with Crippen LogP contribution >= 0.6 is 46.4 Å². The number of rotatable bonds is 4. The molecule has 0 aliphatic rings. The second kappa shape index (κ2) is 14.0. The Kier molecular flexibility index (Phi) is 11.1. The minimum absolute atomic E-state index is 0.0409. The van der Waals surface area contributed by atoms with E-state index in [0.717, 1.165) is 24.5 Å². The number of pyridine rings is 4. The first-order valence-corrected chi connectivity index (χ1v) is 10.9. The third-order valence-electron chi connectivity index (χ3n) is 3.73. The normalized spacial score (nSPS) is 9.76. The molecular weight excluding hydrogens is 581 g/mol. The minimum atomic E-state index is -0.717. The third kappa shape index (κ3) is 9.24. The van der Waals surface area contributed by atoms with Crippen molar-refractivity contribution in [1.29, 1.82) is 0 Å². The number of nitro groups is 2. The highest BCUT2D eigenvalue weighted by Gasteiger charge is 2.10. The highest BCUT2D eigenvalue weighted by atomic mass is 35.5. The van der Waals surface area contributed by atoms with Gasteiger partial charge in [-0.1, -0.05) is 46.4 Å². The first-order valence-electron chi connectivity index (χ1n) is 9.36. The number of halogens is 5. The molecule has 37 heavy (non-hydrogen) atoms. The van der Waals surface area contributed by atoms with Gasteiger partial charge < -0.3 is 9.72 Å². The zero-order chi connectivity index (χ0) is 27.5. The molecule has 0 unspecified atom stereocenters. The van der Waals surface area contributed by atoms with Gasteiger partial charge in [-0.3, -0.25) is 25.0 Å². The van der Waals surface area contributed by atoms with Crippen LogP contribution in [0.3, 0.4) is 0 Å². The van der Waals surface area contributed by atoms with Crippen LogP contribution in [0.2, 0.25) is 20.4 Å². The summed E-state index contributed by atoms with van der Waals surface area (Å²) in [5.41, 5.74) is -0.594. The molecule has 192 valence electrons. The molecule has 0 atom stereocenters. The molecule has 1 N–H and O–H groups in total. The van der Waals surface area contributed by atoms with Crippen LogP contribution in [0.1, 0.15) is 0 Å². The van der Waals surface area contributed by atoms with Crippen LogP contribution in [0.25, 0.3) is 0 Å². The molecule has 4 aromatic heterocycles. The summed E-state index contributed by atoms with van der Waals surface area (Å²) < 4.78 is 17.4. The number of ether oxygens (including phenoxy) is 1. The third-order valence-corrected chi connectivity index (χ3v) is 5.25. The predicted octanol–water partition coefficient (Wildman–Crippen LogP) is 6.29. The fourth-order valence-electron chi connectivity index (χ4n) is 2.05. The second-order valence-corrected chi connectivity index (χ2v) is 7.69. The molecule has 17 heteroatoms. The van der Waals surface area contributed by atoms with Gasteiger partial charge in [0, 0.05) is 42.7 Å². The van der Waals surface area contributed by atoms with E-state index in [-0.39, 0.29) is 48.8 Å². The summed E-state index contributed by atoms with van der Waals surface area (Å²) in [6, 6.07) is 7.47. The number of hydrogen-bond acceptors (Lipinski definition) is 9. The molecule has 0 radical (unpaired) electrons. The lowest BCUT2D eigenvalue weighted by Gasteiger charge is -2.06. The second-order valence-electron chi connectivity index (χ2n) is 6.19. The smallest absolute Gasteiger partial charge is 0.287 e. The Morgan fingerprint density at radius 1 is 0.838 bits per heavy atom. The monoisotopic (exact) mass is 590 g/mol. The number of nitrogens with zero attached hydrogens (tertiary/aromatic N) is 5. The van der Waals surface area contributed by atoms with Crippen molar-refractivity contribution in [2.24, 2.45) is 0 Å². The number of aromatic amines is 1. The summed E-state index contributed by atoms with van der Waals surface area (Å²) in [4.78, 5) is 43.0. The molecule has 0 aliphatic heterocycles. The Bertz CT molecular complexity index is 1440. The minimum Gasteiger partial charge on any atom is -0.437 e. The Balaban J connectivity index is 0.000000214. The van der Waals surface area contributed by atoms with Gasteiger partial charge in [-0.25, -0.2) is 15.0 Å². The van der Waals surface area contributed by atoms with Crippen LogP contribution in [0.15, 0.2) is 66.0 Å². The van der Waals surface area contributed by atoms with E-state index in [1.54, 1.807) is 0 Å². The van der Waals surface area contributed by atoms with E-state index in [4.69, 9.17) is 51.1 Å². The number of hydrogen-bond donors (Lipinski definition) is 1. The number of aromatic nitrogens is 4. The zero-order valence-electron chi connectivity index (χ0n) is 17.8. The average Bonchev–Trinajstić information content (AvgIpc) is 2.87. The average molecular weight is 592 g/mol. The van der Waals surface area contributed by atoms with Crippen LogP contribution in [0, 0.1) is 26.2 Å². The standard InChI is InChI=1S/C10H5Cl2N3O3.C5H3Cl2NO.C5H3FN2O2/c11-9-7(3-4-13-10(9)12)18-8-2-1-6(5-14-8)15(16)17;6-4-3(9)1-2-8-5(4)7;6-5-2-1-4(3-7-5)8(9)10/h1-5H;1-2H,(H,8,9);1-3H. The van der Waals surface area contributed by atoms with E-state index in [0.29, 0.717) is 0 Å². The van der Waals surface area contributed by atoms with Crippen molar-refractivity contribution >= 4 is 57.8 Å². The van der Waals surface area contributed by atoms with E-state index in [2.05, 4.69) is 19.9 Å². The van der Waals surface area contributed by atoms with Gasteiger partial charge in [0.1, 0.15) is 27.6 Å². The first kappa shape index (κ1) is 29.3. The van der Waals surface area contributed by atoms with E-state index in [1.165, 1.54) is 36.7 Å². The van der Waals surface area contributed by atoms with Gasteiger partial charge in [-0.15, -0.1) is 0 Å². The zero-order valence-corrected chi connectivity index (χ0v) is 20.9. The van der Waals surface area contributed by atoms with Gasteiger partial charge >= 0.3 is 0 Å². The highest BCUT2D eigenvalue weighted by Crippen LogP contribution is 2.32. The van der Waals surface area contributed by atoms with Gasteiger partial charge in [0.25, 0.3) is 11.4 Å². The topological polar surface area (TPSA) is 167 Å². The summed E-state index contributed by atoms with van der Waals surface area (Å²) in [5, 5.41) is 20.9. The van der Waals surface area contributed by atoms with Crippen LogP contribution in [-0.4, -0.2) is 29.8 Å². The molecule has 4 aromatic rings. The quantitative estimate of drug-likeness (QED) is 0.163. The fraction of sp³-hybridized carbons (Fsp3) is 0. The summed E-state index contributed by atoms with van der Waals surface area (Å²) >= 11 is 22.4. The number of nitrogens with one attached hydrogen (secondary N) is 1. The summed E-state index contributed by atoms with van der Waals surface area (Å²) in [7, 11) is 0. The van der Waals surface area contributed by atoms with Crippen molar-refractivity contribution < 1.29 is 19.0 Å². The van der Waals surface area contributed by atoms with Gasteiger partial charge in [-0.2, -0.15) is 4.39 Å². The van der Waals surface area contributed by atoms with E-state index >= 15 is 0 Å². The van der Waals surface area contributed by atoms with E-state index < -0.39 is 15.8 Å². The van der Waals surface area contributed by atoms with Gasteiger partial charge in [-0.05, 0) is 6.07 Å². The Morgan fingerprint density at radius 2 is 1.46 bits per heavy atom. The molecule has 0 saturated heterocycles. The summed E-state index contributed by atoms with van der Waals surface area (Å²) in [5.74, 6) is -0.270. The molecule has 0 spiro atoms. The van der Waals surface area contributed by atoms with Gasteiger partial charge in [0.2, 0.25) is 17.3 Å². The van der Waals surface area contributed by atoms with Crippen LogP contribution in [0.5, 0.6) is 11.6 Å². The van der Waals surface area contributed by atoms with Crippen molar-refractivity contribution in [2.75, 3.05) is 0 Å². The maximum absolute atomic E-state index is 12.0. The summed E-state index contributed by atoms with van der Waals surface area (Å²) in [6.45, 7) is 0. The van der Waals surface area contributed by atoms with E-state index in [9.17, 15) is 29.4 Å². The number of H-pyrrole nitrogens is 1. The molecule has 12 nitrogen and oxygen atoms in total. The van der Waals surface area contributed by atoms with Gasteiger partial charge in [0.15, 0.2) is 10.9 Å². The molecule has 4 rings (SSSR count). The highest BCUT2D eigenvalue weighted by molar-refractivity contribution is 6.42.